The summed E-state index contributed by atoms with van der Waals surface area (Å²) in [4.78, 5) is 0. The highest BCUT2D eigenvalue weighted by Gasteiger charge is 1.83. The van der Waals surface area contributed by atoms with Gasteiger partial charge in [0, 0.05) is 0 Å². The average molecular weight is 133 g/mol. The molecule has 1 aromatic carbocycles. The standard InChI is InChI=1S/C9H9O/c1-2-8-10-9-6-4-3-5-7-9/h2-8H,1H2. The van der Waals surface area contributed by atoms with Gasteiger partial charge in [-0.15, -0.1) is 0 Å². The first-order valence-electron chi connectivity index (χ1n) is 3.09. The molecule has 1 radical (unpaired) electrons. The van der Waals surface area contributed by atoms with Gasteiger partial charge in [-0.2, -0.15) is 0 Å². The van der Waals surface area contributed by atoms with Crippen LogP contribution >= 0.6 is 0 Å². The molecule has 0 saturated carbocycles. The molecule has 0 bridgehead atoms. The van der Waals surface area contributed by atoms with Crippen LogP contribution in [0.3, 0.4) is 0 Å². The molecule has 51 valence electrons. The number of benzene rings is 1. The van der Waals surface area contributed by atoms with E-state index in [2.05, 4.69) is 6.92 Å². The second kappa shape index (κ2) is 3.72. The summed E-state index contributed by atoms with van der Waals surface area (Å²) < 4.78 is 5.11. The molecular weight excluding hydrogens is 124 g/mol. The summed E-state index contributed by atoms with van der Waals surface area (Å²) in [5.41, 5.74) is 0. The Bertz CT molecular complexity index is 201. The summed E-state index contributed by atoms with van der Waals surface area (Å²) in [7, 11) is 0. The quantitative estimate of drug-likeness (QED) is 0.563. The summed E-state index contributed by atoms with van der Waals surface area (Å²) in [6.07, 6.45) is 3.16. The van der Waals surface area contributed by atoms with Gasteiger partial charge in [0.1, 0.15) is 5.75 Å². The zero-order valence-electron chi connectivity index (χ0n) is 5.66. The van der Waals surface area contributed by atoms with Gasteiger partial charge >= 0.3 is 0 Å². The lowest BCUT2D eigenvalue weighted by Crippen LogP contribution is -1.78. The van der Waals surface area contributed by atoms with Gasteiger partial charge < -0.3 is 4.74 Å². The normalized spacial score (nSPS) is 10.1. The highest BCUT2D eigenvalue weighted by Crippen LogP contribution is 2.07. The molecule has 1 nitrogen and oxygen atoms in total. The van der Waals surface area contributed by atoms with E-state index in [0.717, 1.165) is 5.75 Å². The van der Waals surface area contributed by atoms with E-state index >= 15 is 0 Å². The van der Waals surface area contributed by atoms with Gasteiger partial charge in [0.25, 0.3) is 0 Å². The second-order valence-electron chi connectivity index (χ2n) is 1.80. The van der Waals surface area contributed by atoms with Crippen molar-refractivity contribution in [2.24, 2.45) is 0 Å². The Labute approximate surface area is 61.0 Å². The zero-order chi connectivity index (χ0) is 7.23. The van der Waals surface area contributed by atoms with E-state index in [9.17, 15) is 0 Å². The van der Waals surface area contributed by atoms with Gasteiger partial charge in [0.15, 0.2) is 0 Å². The summed E-state index contributed by atoms with van der Waals surface area (Å²) in [6, 6.07) is 9.57. The molecule has 0 heterocycles. The molecule has 0 aliphatic rings. The third-order valence-electron chi connectivity index (χ3n) is 1.04. The van der Waals surface area contributed by atoms with Crippen molar-refractivity contribution in [1.82, 2.24) is 0 Å². The van der Waals surface area contributed by atoms with Gasteiger partial charge in [-0.05, 0) is 25.1 Å². The fraction of sp³-hybridized carbons (Fsp3) is 0. The van der Waals surface area contributed by atoms with Crippen LogP contribution in [0.5, 0.6) is 5.75 Å². The largest absolute Gasteiger partial charge is 0.465 e. The molecule has 0 fully saturated rings. The summed E-state index contributed by atoms with van der Waals surface area (Å²) >= 11 is 0. The summed E-state index contributed by atoms with van der Waals surface area (Å²) in [6.45, 7) is 3.50. The molecule has 0 aliphatic carbocycles. The van der Waals surface area contributed by atoms with Crippen LogP contribution in [-0.4, -0.2) is 0 Å². The van der Waals surface area contributed by atoms with E-state index in [1.807, 2.05) is 30.3 Å². The maximum Gasteiger partial charge on any atom is 0.126 e. The van der Waals surface area contributed by atoms with Gasteiger partial charge in [0.2, 0.25) is 0 Å². The topological polar surface area (TPSA) is 9.23 Å². The molecule has 0 spiro atoms. The van der Waals surface area contributed by atoms with Crippen LogP contribution in [0.15, 0.2) is 42.7 Å². The van der Waals surface area contributed by atoms with Crippen LogP contribution in [0.1, 0.15) is 0 Å². The first-order chi connectivity index (χ1) is 4.93. The molecule has 0 atom stereocenters. The van der Waals surface area contributed by atoms with Crippen LogP contribution in [0.2, 0.25) is 0 Å². The number of para-hydroxylation sites is 1. The summed E-state index contributed by atoms with van der Waals surface area (Å²) in [5.74, 6) is 0.836. The lowest BCUT2D eigenvalue weighted by molar-refractivity contribution is 0.481. The molecule has 0 amide bonds. The van der Waals surface area contributed by atoms with E-state index < -0.39 is 0 Å². The van der Waals surface area contributed by atoms with E-state index in [1.165, 1.54) is 0 Å². The van der Waals surface area contributed by atoms with E-state index in [4.69, 9.17) is 4.74 Å². The fourth-order valence-corrected chi connectivity index (χ4v) is 0.626. The third kappa shape index (κ3) is 1.94. The monoisotopic (exact) mass is 133 g/mol. The van der Waals surface area contributed by atoms with Crippen molar-refractivity contribution in [2.75, 3.05) is 0 Å². The SMILES string of the molecule is [CH2]C=COc1ccccc1. The predicted molar refractivity (Wildman–Crippen MR) is 41.6 cm³/mol. The van der Waals surface area contributed by atoms with Gasteiger partial charge in [-0.25, -0.2) is 0 Å². The molecule has 0 aliphatic heterocycles. The number of hydrogen-bond donors (Lipinski definition) is 0. The number of rotatable bonds is 2. The molecule has 10 heavy (non-hydrogen) atoms. The van der Waals surface area contributed by atoms with Gasteiger partial charge in [-0.1, -0.05) is 18.2 Å². The minimum atomic E-state index is 0.836. The molecule has 0 unspecified atom stereocenters. The average Bonchev–Trinajstić information content (AvgIpc) is 2.03. The molecule has 0 N–H and O–H groups in total. The van der Waals surface area contributed by atoms with Crippen molar-refractivity contribution in [3.05, 3.63) is 49.6 Å². The first-order valence-corrected chi connectivity index (χ1v) is 3.09. The van der Waals surface area contributed by atoms with Crippen molar-refractivity contribution in [2.45, 2.75) is 0 Å². The Balaban J connectivity index is 2.59. The van der Waals surface area contributed by atoms with Gasteiger partial charge in [0.05, 0.1) is 6.26 Å². The molecule has 0 aromatic heterocycles. The van der Waals surface area contributed by atoms with E-state index in [-0.39, 0.29) is 0 Å². The number of ether oxygens (including phenoxy) is 1. The second-order valence-corrected chi connectivity index (χ2v) is 1.80. The highest BCUT2D eigenvalue weighted by molar-refractivity contribution is 5.21. The van der Waals surface area contributed by atoms with E-state index in [1.54, 1.807) is 12.3 Å². The van der Waals surface area contributed by atoms with Crippen LogP contribution in [0, 0.1) is 6.92 Å². The third-order valence-corrected chi connectivity index (χ3v) is 1.04. The molecule has 1 heteroatoms. The highest BCUT2D eigenvalue weighted by atomic mass is 16.5. The lowest BCUT2D eigenvalue weighted by atomic mass is 10.3. The van der Waals surface area contributed by atoms with Crippen LogP contribution < -0.4 is 4.74 Å². The predicted octanol–water partition coefficient (Wildman–Crippen LogP) is 2.41. The zero-order valence-corrected chi connectivity index (χ0v) is 5.66. The minimum Gasteiger partial charge on any atom is -0.465 e. The first kappa shape index (κ1) is 6.87. The maximum atomic E-state index is 5.11. The Hall–Kier alpha value is -1.24. The van der Waals surface area contributed by atoms with Crippen LogP contribution in [0.4, 0.5) is 0 Å². The van der Waals surface area contributed by atoms with Crippen LogP contribution in [0.25, 0.3) is 0 Å². The Morgan fingerprint density at radius 1 is 1.20 bits per heavy atom. The van der Waals surface area contributed by atoms with Gasteiger partial charge in [-0.3, -0.25) is 0 Å². The van der Waals surface area contributed by atoms with E-state index in [0.29, 0.717) is 0 Å². The Morgan fingerprint density at radius 3 is 2.50 bits per heavy atom. The fourth-order valence-electron chi connectivity index (χ4n) is 0.626. The molecule has 0 saturated heterocycles. The number of hydrogen-bond acceptors (Lipinski definition) is 1. The molecular formula is C9H9O. The minimum absolute atomic E-state index is 0.836. The van der Waals surface area contributed by atoms with Crippen molar-refractivity contribution in [3.63, 3.8) is 0 Å². The van der Waals surface area contributed by atoms with Crippen molar-refractivity contribution in [1.29, 1.82) is 0 Å². The summed E-state index contributed by atoms with van der Waals surface area (Å²) in [5, 5.41) is 0. The number of allylic oxidation sites excluding steroid dienone is 1. The Morgan fingerprint density at radius 2 is 1.90 bits per heavy atom. The Kier molecular flexibility index (Phi) is 2.56. The molecule has 1 rings (SSSR count). The smallest absolute Gasteiger partial charge is 0.126 e. The lowest BCUT2D eigenvalue weighted by Gasteiger charge is -1.96. The molecule has 1 aromatic rings. The van der Waals surface area contributed by atoms with Crippen molar-refractivity contribution < 1.29 is 4.74 Å². The van der Waals surface area contributed by atoms with Crippen LogP contribution in [-0.2, 0) is 0 Å². The maximum absolute atomic E-state index is 5.11. The van der Waals surface area contributed by atoms with Crippen molar-refractivity contribution in [3.8, 4) is 5.75 Å². The van der Waals surface area contributed by atoms with Crippen molar-refractivity contribution >= 4 is 0 Å².